The summed E-state index contributed by atoms with van der Waals surface area (Å²) >= 11 is 0. The summed E-state index contributed by atoms with van der Waals surface area (Å²) in [6.07, 6.45) is 5.49. The molecule has 0 spiro atoms. The fourth-order valence-electron chi connectivity index (χ4n) is 1.60. The maximum atomic E-state index is 10.6. The average molecular weight is 239 g/mol. The number of pyridine rings is 1. The first-order chi connectivity index (χ1) is 8.22. The van der Waals surface area contributed by atoms with Crippen LogP contribution in [0.3, 0.4) is 0 Å². The monoisotopic (exact) mass is 239 g/mol. The van der Waals surface area contributed by atoms with E-state index >= 15 is 0 Å². The molecule has 2 rings (SSSR count). The molecule has 1 saturated carbocycles. The van der Waals surface area contributed by atoms with Crippen LogP contribution in [-0.4, -0.2) is 16.2 Å². The number of hydrogen-bond acceptors (Lipinski definition) is 2. The van der Waals surface area contributed by atoms with E-state index in [1.165, 1.54) is 18.9 Å². The normalized spacial score (nSPS) is 14.4. The Kier molecular flexibility index (Phi) is 9.44. The third-order valence-electron chi connectivity index (χ3n) is 2.53. The predicted octanol–water partition coefficient (Wildman–Crippen LogP) is 2.88. The van der Waals surface area contributed by atoms with Crippen molar-refractivity contribution in [2.75, 3.05) is 0 Å². The summed E-state index contributed by atoms with van der Waals surface area (Å²) in [6.45, 7) is 6.01. The van der Waals surface area contributed by atoms with E-state index < -0.39 is 0 Å². The molecule has 0 aromatic carbocycles. The minimum atomic E-state index is -0.0191. The number of aliphatic hydroxyl groups excluding tert-OH is 1. The lowest BCUT2D eigenvalue weighted by atomic mass is 10.3. The maximum Gasteiger partial charge on any atom is 0.248 e. The van der Waals surface area contributed by atoms with Crippen molar-refractivity contribution in [1.29, 1.82) is 0 Å². The molecule has 1 aliphatic carbocycles. The highest BCUT2D eigenvalue weighted by Crippen LogP contribution is 2.16. The molecule has 3 nitrogen and oxygen atoms in total. The molecule has 0 bridgehead atoms. The summed E-state index contributed by atoms with van der Waals surface area (Å²) in [5, 5.41) is 8.73. The first-order valence-electron chi connectivity index (χ1n) is 6.58. The number of hydrogen-bond donors (Lipinski definition) is 2. The second-order valence-corrected chi connectivity index (χ2v) is 3.83. The first-order valence-corrected chi connectivity index (χ1v) is 6.58. The van der Waals surface area contributed by atoms with Gasteiger partial charge in [0.1, 0.15) is 0 Å². The van der Waals surface area contributed by atoms with E-state index in [0.717, 1.165) is 25.0 Å². The number of H-pyrrole nitrogens is 1. The summed E-state index contributed by atoms with van der Waals surface area (Å²) in [4.78, 5) is 13.3. The third-order valence-corrected chi connectivity index (χ3v) is 2.53. The van der Waals surface area contributed by atoms with E-state index in [-0.39, 0.29) is 11.7 Å². The van der Waals surface area contributed by atoms with Gasteiger partial charge in [-0.2, -0.15) is 0 Å². The van der Waals surface area contributed by atoms with Crippen LogP contribution in [0.2, 0.25) is 0 Å². The number of aliphatic hydroxyl groups is 1. The Labute approximate surface area is 104 Å². The summed E-state index contributed by atoms with van der Waals surface area (Å²) in [7, 11) is 0. The maximum absolute atomic E-state index is 10.6. The molecule has 1 aromatic rings. The molecule has 0 saturated heterocycles. The van der Waals surface area contributed by atoms with E-state index in [1.807, 2.05) is 26.8 Å². The SMILES string of the molecule is CC.CCc1cccc(=O)[nH]1.OC1CCCC1. The fourth-order valence-corrected chi connectivity index (χ4v) is 1.60. The van der Waals surface area contributed by atoms with Gasteiger partial charge in [0, 0.05) is 11.8 Å². The van der Waals surface area contributed by atoms with Gasteiger partial charge in [-0.05, 0) is 25.3 Å². The Balaban J connectivity index is 0.000000278. The van der Waals surface area contributed by atoms with Crippen molar-refractivity contribution in [1.82, 2.24) is 4.98 Å². The Hall–Kier alpha value is -1.09. The van der Waals surface area contributed by atoms with Crippen molar-refractivity contribution in [2.24, 2.45) is 0 Å². The highest BCUT2D eigenvalue weighted by atomic mass is 16.3. The molecule has 1 aromatic heterocycles. The predicted molar refractivity (Wildman–Crippen MR) is 72.3 cm³/mol. The third kappa shape index (κ3) is 7.75. The zero-order valence-corrected chi connectivity index (χ0v) is 11.2. The topological polar surface area (TPSA) is 53.1 Å². The summed E-state index contributed by atoms with van der Waals surface area (Å²) in [5.74, 6) is 0. The van der Waals surface area contributed by atoms with Crippen molar-refractivity contribution in [3.8, 4) is 0 Å². The number of nitrogens with one attached hydrogen (secondary N) is 1. The molecule has 98 valence electrons. The lowest BCUT2D eigenvalue weighted by Crippen LogP contribution is -2.04. The van der Waals surface area contributed by atoms with Gasteiger partial charge in [-0.3, -0.25) is 4.79 Å². The molecule has 3 heteroatoms. The van der Waals surface area contributed by atoms with Crippen LogP contribution in [0.1, 0.15) is 52.1 Å². The van der Waals surface area contributed by atoms with Gasteiger partial charge in [-0.1, -0.05) is 39.7 Å². The van der Waals surface area contributed by atoms with Gasteiger partial charge < -0.3 is 10.1 Å². The second kappa shape index (κ2) is 10.1. The van der Waals surface area contributed by atoms with Crippen LogP contribution < -0.4 is 5.56 Å². The first kappa shape index (κ1) is 15.9. The number of aromatic nitrogens is 1. The van der Waals surface area contributed by atoms with Crippen LogP contribution in [0.5, 0.6) is 0 Å². The molecule has 0 aliphatic heterocycles. The number of aromatic amines is 1. The molecule has 0 radical (unpaired) electrons. The van der Waals surface area contributed by atoms with Crippen LogP contribution in [0.15, 0.2) is 23.0 Å². The molecule has 1 heterocycles. The molecule has 0 unspecified atom stereocenters. The van der Waals surface area contributed by atoms with Crippen LogP contribution in [-0.2, 0) is 6.42 Å². The van der Waals surface area contributed by atoms with E-state index in [1.54, 1.807) is 6.07 Å². The Bertz CT molecular complexity index is 327. The van der Waals surface area contributed by atoms with Crippen LogP contribution in [0, 0.1) is 0 Å². The van der Waals surface area contributed by atoms with E-state index in [9.17, 15) is 4.79 Å². The van der Waals surface area contributed by atoms with Crippen molar-refractivity contribution >= 4 is 0 Å². The molecular weight excluding hydrogens is 214 g/mol. The zero-order valence-electron chi connectivity index (χ0n) is 11.2. The largest absolute Gasteiger partial charge is 0.393 e. The molecular formula is C14H25NO2. The summed E-state index contributed by atoms with van der Waals surface area (Å²) in [5.41, 5.74) is 0.969. The fraction of sp³-hybridized carbons (Fsp3) is 0.643. The van der Waals surface area contributed by atoms with Crippen molar-refractivity contribution in [3.63, 3.8) is 0 Å². The zero-order chi connectivity index (χ0) is 13.1. The van der Waals surface area contributed by atoms with E-state index in [0.29, 0.717) is 0 Å². The van der Waals surface area contributed by atoms with Gasteiger partial charge >= 0.3 is 0 Å². The second-order valence-electron chi connectivity index (χ2n) is 3.83. The molecule has 0 atom stereocenters. The molecule has 17 heavy (non-hydrogen) atoms. The van der Waals surface area contributed by atoms with E-state index in [4.69, 9.17) is 5.11 Å². The van der Waals surface area contributed by atoms with Gasteiger partial charge in [-0.15, -0.1) is 0 Å². The van der Waals surface area contributed by atoms with Crippen molar-refractivity contribution in [2.45, 2.75) is 59.0 Å². The number of aryl methyl sites for hydroxylation is 1. The van der Waals surface area contributed by atoms with Gasteiger partial charge in [0.05, 0.1) is 6.10 Å². The standard InChI is InChI=1S/C7H9NO.C5H10O.C2H6/c1-2-6-4-3-5-7(9)8-6;6-5-3-1-2-4-5;1-2/h3-5H,2H2,1H3,(H,8,9);5-6H,1-4H2;1-2H3. The van der Waals surface area contributed by atoms with Gasteiger partial charge in [-0.25, -0.2) is 0 Å². The smallest absolute Gasteiger partial charge is 0.248 e. The quantitative estimate of drug-likeness (QED) is 0.791. The van der Waals surface area contributed by atoms with Crippen molar-refractivity contribution in [3.05, 3.63) is 34.2 Å². The van der Waals surface area contributed by atoms with Crippen LogP contribution in [0.25, 0.3) is 0 Å². The average Bonchev–Trinajstić information content (AvgIpc) is 2.84. The Morgan fingerprint density at radius 1 is 1.29 bits per heavy atom. The van der Waals surface area contributed by atoms with Crippen LogP contribution in [0.4, 0.5) is 0 Å². The van der Waals surface area contributed by atoms with Gasteiger partial charge in [0.15, 0.2) is 0 Å². The lowest BCUT2D eigenvalue weighted by molar-refractivity contribution is 0.183. The van der Waals surface area contributed by atoms with Gasteiger partial charge in [0.25, 0.3) is 0 Å². The molecule has 0 amide bonds. The van der Waals surface area contributed by atoms with Gasteiger partial charge in [0.2, 0.25) is 5.56 Å². The minimum absolute atomic E-state index is 0.0191. The lowest BCUT2D eigenvalue weighted by Gasteiger charge is -1.91. The molecule has 1 fully saturated rings. The minimum Gasteiger partial charge on any atom is -0.393 e. The number of rotatable bonds is 1. The summed E-state index contributed by atoms with van der Waals surface area (Å²) < 4.78 is 0. The van der Waals surface area contributed by atoms with Crippen LogP contribution >= 0.6 is 0 Å². The molecule has 2 N–H and O–H groups in total. The summed E-state index contributed by atoms with van der Waals surface area (Å²) in [6, 6.07) is 5.18. The van der Waals surface area contributed by atoms with Crippen molar-refractivity contribution < 1.29 is 5.11 Å². The highest BCUT2D eigenvalue weighted by Gasteiger charge is 2.09. The Morgan fingerprint density at radius 2 is 1.88 bits per heavy atom. The highest BCUT2D eigenvalue weighted by molar-refractivity contribution is 5.02. The van der Waals surface area contributed by atoms with E-state index in [2.05, 4.69) is 4.98 Å². The Morgan fingerprint density at radius 3 is 2.18 bits per heavy atom. The molecule has 1 aliphatic rings.